The van der Waals surface area contributed by atoms with Crippen LogP contribution in [0.3, 0.4) is 0 Å². The van der Waals surface area contributed by atoms with Gasteiger partial charge in [-0.3, -0.25) is 4.79 Å². The Morgan fingerprint density at radius 3 is 2.35 bits per heavy atom. The number of ether oxygens (including phenoxy) is 1. The molecule has 0 spiro atoms. The van der Waals surface area contributed by atoms with Gasteiger partial charge in [0.2, 0.25) is 0 Å². The molecule has 1 unspecified atom stereocenters. The predicted octanol–water partition coefficient (Wildman–Crippen LogP) is 2.33. The lowest BCUT2D eigenvalue weighted by atomic mass is 9.90. The third-order valence-electron chi connectivity index (χ3n) is 4.34. The van der Waals surface area contributed by atoms with Gasteiger partial charge < -0.3 is 9.64 Å². The lowest BCUT2D eigenvalue weighted by Gasteiger charge is -2.27. The van der Waals surface area contributed by atoms with E-state index in [9.17, 15) is 4.79 Å². The smallest absolute Gasteiger partial charge is 0.175 e. The zero-order valence-corrected chi connectivity index (χ0v) is 14.6. The van der Waals surface area contributed by atoms with Gasteiger partial charge in [-0.05, 0) is 17.7 Å². The van der Waals surface area contributed by atoms with Crippen LogP contribution in [0.15, 0.2) is 59.1 Å². The topological polar surface area (TPSA) is 30.7 Å². The largest absolute Gasteiger partial charge is 0.370 e. The fourth-order valence-corrected chi connectivity index (χ4v) is 3.28. The van der Waals surface area contributed by atoms with Gasteiger partial charge >= 0.3 is 0 Å². The molecule has 0 aliphatic carbocycles. The minimum atomic E-state index is -0.106. The van der Waals surface area contributed by atoms with Crippen molar-refractivity contribution < 1.29 is 14.4 Å². The molecule has 2 aromatic carbocycles. The van der Waals surface area contributed by atoms with Crippen LogP contribution >= 0.6 is 15.9 Å². The highest BCUT2D eigenvalue weighted by Gasteiger charge is 2.28. The summed E-state index contributed by atoms with van der Waals surface area (Å²) >= 11 is 3.43. The highest BCUT2D eigenvalue weighted by molar-refractivity contribution is 9.10. The molecule has 1 aliphatic heterocycles. The number of halogens is 1. The summed E-state index contributed by atoms with van der Waals surface area (Å²) in [4.78, 5) is 14.5. The molecule has 3 nitrogen and oxygen atoms in total. The van der Waals surface area contributed by atoms with Crippen LogP contribution in [0.2, 0.25) is 0 Å². The molecule has 23 heavy (non-hydrogen) atoms. The van der Waals surface area contributed by atoms with Crippen LogP contribution in [0.5, 0.6) is 0 Å². The monoisotopic (exact) mass is 374 g/mol. The molecule has 1 saturated heterocycles. The number of nitrogens with one attached hydrogen (secondary N) is 1. The Morgan fingerprint density at radius 1 is 1.04 bits per heavy atom. The predicted molar refractivity (Wildman–Crippen MR) is 94.0 cm³/mol. The van der Waals surface area contributed by atoms with Crippen molar-refractivity contribution in [2.24, 2.45) is 0 Å². The van der Waals surface area contributed by atoms with E-state index >= 15 is 0 Å². The molecule has 0 saturated carbocycles. The molecular weight excluding hydrogens is 354 g/mol. The number of carbonyl (C=O) groups is 1. The lowest BCUT2D eigenvalue weighted by Crippen LogP contribution is -3.14. The number of hydrogen-bond acceptors (Lipinski definition) is 2. The van der Waals surface area contributed by atoms with Gasteiger partial charge in [-0.2, -0.15) is 0 Å². The second-order valence-electron chi connectivity index (χ2n) is 5.90. The first kappa shape index (κ1) is 16.4. The maximum absolute atomic E-state index is 13.1. The molecule has 1 heterocycles. The Morgan fingerprint density at radius 2 is 1.70 bits per heavy atom. The second-order valence-corrected chi connectivity index (χ2v) is 6.82. The summed E-state index contributed by atoms with van der Waals surface area (Å²) in [5, 5.41) is 0. The van der Waals surface area contributed by atoms with Gasteiger partial charge in [0.15, 0.2) is 5.78 Å². The van der Waals surface area contributed by atoms with Crippen LogP contribution in [0.25, 0.3) is 0 Å². The summed E-state index contributed by atoms with van der Waals surface area (Å²) in [6.45, 7) is 4.32. The molecule has 4 heteroatoms. The van der Waals surface area contributed by atoms with Crippen molar-refractivity contribution in [2.45, 2.75) is 5.92 Å². The van der Waals surface area contributed by atoms with Crippen molar-refractivity contribution >= 4 is 21.7 Å². The van der Waals surface area contributed by atoms with E-state index in [0.29, 0.717) is 0 Å². The van der Waals surface area contributed by atoms with Crippen LogP contribution in [-0.4, -0.2) is 38.6 Å². The normalized spacial score (nSPS) is 16.9. The van der Waals surface area contributed by atoms with Crippen molar-refractivity contribution in [1.29, 1.82) is 0 Å². The van der Waals surface area contributed by atoms with Gasteiger partial charge in [-0.15, -0.1) is 0 Å². The quantitative estimate of drug-likeness (QED) is 0.814. The first-order valence-corrected chi connectivity index (χ1v) is 8.79. The SMILES string of the molecule is O=C(c1ccc(Br)cc1)C(C[NH+]1CCOCC1)c1ccccc1. The summed E-state index contributed by atoms with van der Waals surface area (Å²) in [5.41, 5.74) is 1.87. The molecule has 1 aliphatic rings. The fraction of sp³-hybridized carbons (Fsp3) is 0.316. The number of ketones is 1. The molecule has 0 radical (unpaired) electrons. The first-order chi connectivity index (χ1) is 11.2. The zero-order chi connectivity index (χ0) is 16.1. The number of rotatable bonds is 5. The van der Waals surface area contributed by atoms with E-state index in [1.165, 1.54) is 4.90 Å². The summed E-state index contributed by atoms with van der Waals surface area (Å²) in [5.74, 6) is 0.0909. The van der Waals surface area contributed by atoms with Crippen molar-refractivity contribution in [3.63, 3.8) is 0 Å². The Hall–Kier alpha value is -1.49. The van der Waals surface area contributed by atoms with Gasteiger partial charge in [0.05, 0.1) is 25.7 Å². The van der Waals surface area contributed by atoms with Gasteiger partial charge in [-0.25, -0.2) is 0 Å². The molecule has 1 atom stereocenters. The van der Waals surface area contributed by atoms with Crippen LogP contribution in [0.4, 0.5) is 0 Å². The Labute approximate surface area is 145 Å². The van der Waals surface area contributed by atoms with Crippen molar-refractivity contribution in [1.82, 2.24) is 0 Å². The minimum absolute atomic E-state index is 0.106. The van der Waals surface area contributed by atoms with Crippen LogP contribution < -0.4 is 4.90 Å². The van der Waals surface area contributed by atoms with E-state index in [1.54, 1.807) is 0 Å². The van der Waals surface area contributed by atoms with E-state index in [2.05, 4.69) is 28.1 Å². The van der Waals surface area contributed by atoms with E-state index in [4.69, 9.17) is 4.74 Å². The highest BCUT2D eigenvalue weighted by atomic mass is 79.9. The number of morpholine rings is 1. The fourth-order valence-electron chi connectivity index (χ4n) is 3.02. The maximum Gasteiger partial charge on any atom is 0.175 e. The van der Waals surface area contributed by atoms with Gasteiger partial charge in [0.1, 0.15) is 13.1 Å². The molecular formula is C19H21BrNO2+. The molecule has 1 fully saturated rings. The summed E-state index contributed by atoms with van der Waals surface area (Å²) in [7, 11) is 0. The van der Waals surface area contributed by atoms with Gasteiger partial charge in [0, 0.05) is 10.0 Å². The van der Waals surface area contributed by atoms with Gasteiger partial charge in [-0.1, -0.05) is 58.4 Å². The number of carbonyl (C=O) groups excluding carboxylic acids is 1. The standard InChI is InChI=1S/C19H20BrNO2/c20-17-8-6-16(7-9-17)19(22)18(15-4-2-1-3-5-15)14-21-10-12-23-13-11-21/h1-9,18H,10-14H2/p+1. The van der Waals surface area contributed by atoms with E-state index in [0.717, 1.165) is 48.4 Å². The number of benzene rings is 2. The molecule has 120 valence electrons. The molecule has 0 amide bonds. The molecule has 2 aromatic rings. The van der Waals surface area contributed by atoms with Crippen molar-refractivity contribution in [3.8, 4) is 0 Å². The highest BCUT2D eigenvalue weighted by Crippen LogP contribution is 2.21. The van der Waals surface area contributed by atoms with E-state index in [1.807, 2.05) is 42.5 Å². The van der Waals surface area contributed by atoms with Crippen LogP contribution in [-0.2, 0) is 4.74 Å². The zero-order valence-electron chi connectivity index (χ0n) is 13.0. The molecule has 0 aromatic heterocycles. The minimum Gasteiger partial charge on any atom is -0.370 e. The average Bonchev–Trinajstić information content (AvgIpc) is 2.61. The average molecular weight is 375 g/mol. The second kappa shape index (κ2) is 7.86. The van der Waals surface area contributed by atoms with Crippen molar-refractivity contribution in [3.05, 3.63) is 70.2 Å². The number of quaternary nitrogens is 1. The third-order valence-corrected chi connectivity index (χ3v) is 4.87. The van der Waals surface area contributed by atoms with Gasteiger partial charge in [0.25, 0.3) is 0 Å². The van der Waals surface area contributed by atoms with E-state index in [-0.39, 0.29) is 11.7 Å². The van der Waals surface area contributed by atoms with E-state index < -0.39 is 0 Å². The van der Waals surface area contributed by atoms with Crippen LogP contribution in [0, 0.1) is 0 Å². The van der Waals surface area contributed by atoms with Crippen LogP contribution in [0.1, 0.15) is 21.8 Å². The summed E-state index contributed by atoms with van der Waals surface area (Å²) in [6.07, 6.45) is 0. The first-order valence-electron chi connectivity index (χ1n) is 8.00. The van der Waals surface area contributed by atoms with Crippen molar-refractivity contribution in [2.75, 3.05) is 32.8 Å². The molecule has 0 bridgehead atoms. The number of hydrogen-bond donors (Lipinski definition) is 1. The Balaban J connectivity index is 1.84. The Kier molecular flexibility index (Phi) is 5.60. The molecule has 3 rings (SSSR count). The third kappa shape index (κ3) is 4.28. The lowest BCUT2D eigenvalue weighted by molar-refractivity contribution is -0.908. The Bertz CT molecular complexity index is 636. The summed E-state index contributed by atoms with van der Waals surface area (Å²) in [6, 6.07) is 17.8. The number of Topliss-reactive ketones (excluding diaryl/α,β-unsaturated/α-hetero) is 1. The molecule has 1 N–H and O–H groups in total. The summed E-state index contributed by atoms with van der Waals surface area (Å²) < 4.78 is 6.42. The maximum atomic E-state index is 13.1.